The smallest absolute Gasteiger partial charge is 0.320 e. The minimum atomic E-state index is -1.00. The van der Waals surface area contributed by atoms with Crippen LogP contribution in [0.25, 0.3) is 0 Å². The normalized spacial score (nSPS) is 11.1. The zero-order valence-electron chi connectivity index (χ0n) is 15.5. The molecule has 0 spiro atoms. The van der Waals surface area contributed by atoms with Crippen LogP contribution in [-0.2, 0) is 9.59 Å². The van der Waals surface area contributed by atoms with E-state index in [1.54, 1.807) is 0 Å². The Hall–Kier alpha value is -1.83. The molecule has 0 aromatic carbocycles. The lowest BCUT2D eigenvalue weighted by Gasteiger charge is -2.03. The number of hydrogen-bond acceptors (Lipinski definition) is 4. The largest absolute Gasteiger partial charge is 0.481 e. The van der Waals surface area contributed by atoms with Crippen LogP contribution < -0.4 is 17.2 Å². The molecule has 148 valence electrons. The Bertz CT molecular complexity index is 372. The van der Waals surface area contributed by atoms with Gasteiger partial charge < -0.3 is 27.4 Å². The van der Waals surface area contributed by atoms with Crippen molar-refractivity contribution in [3.05, 3.63) is 0 Å². The van der Waals surface area contributed by atoms with Crippen LogP contribution in [0.15, 0.2) is 4.99 Å². The third-order valence-electron chi connectivity index (χ3n) is 3.53. The molecule has 0 aromatic heterocycles. The summed E-state index contributed by atoms with van der Waals surface area (Å²) in [5.74, 6) is -1.65. The first-order valence-corrected chi connectivity index (χ1v) is 9.06. The second-order valence-electron chi connectivity index (χ2n) is 6.01. The highest BCUT2D eigenvalue weighted by atomic mass is 16.4. The van der Waals surface area contributed by atoms with Crippen molar-refractivity contribution in [3.63, 3.8) is 0 Å². The molecule has 0 saturated heterocycles. The van der Waals surface area contributed by atoms with Crippen LogP contribution >= 0.6 is 0 Å². The van der Waals surface area contributed by atoms with Gasteiger partial charge >= 0.3 is 11.9 Å². The van der Waals surface area contributed by atoms with Crippen LogP contribution in [-0.4, -0.2) is 40.7 Å². The van der Waals surface area contributed by atoms with E-state index in [2.05, 4.69) is 11.9 Å². The van der Waals surface area contributed by atoms with Gasteiger partial charge in [-0.15, -0.1) is 0 Å². The van der Waals surface area contributed by atoms with Gasteiger partial charge in [-0.3, -0.25) is 14.6 Å². The maximum Gasteiger partial charge on any atom is 0.320 e. The lowest BCUT2D eigenvalue weighted by atomic mass is 10.1. The number of rotatable bonds is 14. The molecule has 25 heavy (non-hydrogen) atoms. The van der Waals surface area contributed by atoms with Gasteiger partial charge in [0, 0.05) is 13.0 Å². The molecule has 0 heterocycles. The molecule has 0 saturated carbocycles. The predicted octanol–water partition coefficient (Wildman–Crippen LogP) is 2.05. The molecule has 8 N–H and O–H groups in total. The summed E-state index contributed by atoms with van der Waals surface area (Å²) >= 11 is 0. The van der Waals surface area contributed by atoms with Crippen molar-refractivity contribution < 1.29 is 19.8 Å². The SMILES string of the molecule is CCCCCCCCCCC(=O)O.NC(N)=NCCCC(N)C(=O)O. The molecule has 1 unspecified atom stereocenters. The van der Waals surface area contributed by atoms with E-state index >= 15 is 0 Å². The van der Waals surface area contributed by atoms with Crippen molar-refractivity contribution in [1.29, 1.82) is 0 Å². The average molecular weight is 360 g/mol. The van der Waals surface area contributed by atoms with Crippen molar-refractivity contribution in [2.75, 3.05) is 6.54 Å². The van der Waals surface area contributed by atoms with Gasteiger partial charge in [0.25, 0.3) is 0 Å². The van der Waals surface area contributed by atoms with Gasteiger partial charge in [0.1, 0.15) is 6.04 Å². The number of guanidine groups is 1. The van der Waals surface area contributed by atoms with E-state index in [0.717, 1.165) is 12.8 Å². The molecule has 0 amide bonds. The van der Waals surface area contributed by atoms with Gasteiger partial charge in [0.05, 0.1) is 0 Å². The molecule has 0 rings (SSSR count). The topological polar surface area (TPSA) is 165 Å². The Kier molecular flexibility index (Phi) is 18.8. The Balaban J connectivity index is 0. The number of carboxylic acid groups (broad SMARTS) is 2. The Labute approximate surface area is 150 Å². The van der Waals surface area contributed by atoms with E-state index < -0.39 is 18.0 Å². The molecule has 1 atom stereocenters. The maximum atomic E-state index is 10.2. The molecule has 8 nitrogen and oxygen atoms in total. The van der Waals surface area contributed by atoms with Crippen LogP contribution in [0.4, 0.5) is 0 Å². The Morgan fingerprint density at radius 2 is 1.44 bits per heavy atom. The molecule has 0 fully saturated rings. The standard InChI is InChI=1S/C11H22O2.C6H14N4O2/c1-2-3-4-5-6-7-8-9-10-11(12)13;7-4(5(11)12)2-1-3-10-6(8)9/h2-10H2,1H3,(H,12,13);4H,1-3,7H2,(H,11,12)(H4,8,9,10). The van der Waals surface area contributed by atoms with E-state index in [1.807, 2.05) is 0 Å². The summed E-state index contributed by atoms with van der Waals surface area (Å²) in [4.78, 5) is 24.1. The number of nitrogens with two attached hydrogens (primary N) is 3. The van der Waals surface area contributed by atoms with E-state index in [1.165, 1.54) is 38.5 Å². The number of nitrogens with zero attached hydrogens (tertiary/aromatic N) is 1. The number of carboxylic acids is 2. The molecular weight excluding hydrogens is 324 g/mol. The first-order valence-electron chi connectivity index (χ1n) is 9.06. The number of aliphatic imine (C=N–C) groups is 1. The van der Waals surface area contributed by atoms with Crippen LogP contribution in [0.2, 0.25) is 0 Å². The van der Waals surface area contributed by atoms with Crippen LogP contribution in [0.5, 0.6) is 0 Å². The van der Waals surface area contributed by atoms with E-state index in [-0.39, 0.29) is 5.96 Å². The zero-order chi connectivity index (χ0) is 19.5. The lowest BCUT2D eigenvalue weighted by molar-refractivity contribution is -0.139. The van der Waals surface area contributed by atoms with Gasteiger partial charge in [-0.2, -0.15) is 0 Å². The second kappa shape index (κ2) is 18.5. The van der Waals surface area contributed by atoms with Crippen LogP contribution in [0.1, 0.15) is 77.6 Å². The monoisotopic (exact) mass is 360 g/mol. The Morgan fingerprint density at radius 3 is 1.88 bits per heavy atom. The molecule has 0 aromatic rings. The summed E-state index contributed by atoms with van der Waals surface area (Å²) in [6.07, 6.45) is 11.0. The van der Waals surface area contributed by atoms with Gasteiger partial charge in [0.2, 0.25) is 0 Å². The van der Waals surface area contributed by atoms with Gasteiger partial charge in [-0.25, -0.2) is 0 Å². The molecule has 0 radical (unpaired) electrons. The van der Waals surface area contributed by atoms with Crippen LogP contribution in [0.3, 0.4) is 0 Å². The fourth-order valence-electron chi connectivity index (χ4n) is 2.05. The highest BCUT2D eigenvalue weighted by Gasteiger charge is 2.09. The first kappa shape index (κ1) is 25.4. The number of aliphatic carboxylic acids is 2. The van der Waals surface area contributed by atoms with Crippen molar-refractivity contribution in [1.82, 2.24) is 0 Å². The predicted molar refractivity (Wildman–Crippen MR) is 100 cm³/mol. The van der Waals surface area contributed by atoms with Crippen molar-refractivity contribution in [2.45, 2.75) is 83.6 Å². The van der Waals surface area contributed by atoms with Gasteiger partial charge in [0.15, 0.2) is 5.96 Å². The summed E-state index contributed by atoms with van der Waals surface area (Å²) < 4.78 is 0. The maximum absolute atomic E-state index is 10.2. The molecule has 0 bridgehead atoms. The highest BCUT2D eigenvalue weighted by molar-refractivity contribution is 5.75. The molecule has 0 aliphatic heterocycles. The minimum Gasteiger partial charge on any atom is -0.481 e. The number of unbranched alkanes of at least 4 members (excludes halogenated alkanes) is 7. The highest BCUT2D eigenvalue weighted by Crippen LogP contribution is 2.09. The summed E-state index contributed by atoms with van der Waals surface area (Å²) in [5.41, 5.74) is 15.3. The van der Waals surface area contributed by atoms with Crippen molar-refractivity contribution in [3.8, 4) is 0 Å². The van der Waals surface area contributed by atoms with Crippen molar-refractivity contribution in [2.24, 2.45) is 22.2 Å². The first-order chi connectivity index (χ1) is 11.8. The molecule has 0 aliphatic carbocycles. The lowest BCUT2D eigenvalue weighted by Crippen LogP contribution is -2.30. The fourth-order valence-corrected chi connectivity index (χ4v) is 2.05. The van der Waals surface area contributed by atoms with Crippen LogP contribution in [0, 0.1) is 0 Å². The van der Waals surface area contributed by atoms with E-state index in [0.29, 0.717) is 25.8 Å². The molecule has 0 aliphatic rings. The van der Waals surface area contributed by atoms with Gasteiger partial charge in [-0.1, -0.05) is 51.9 Å². The number of carbonyl (C=O) groups is 2. The summed E-state index contributed by atoms with van der Waals surface area (Å²) in [5, 5.41) is 16.8. The van der Waals surface area contributed by atoms with Crippen molar-refractivity contribution >= 4 is 17.9 Å². The third kappa shape index (κ3) is 24.5. The average Bonchev–Trinajstić information content (AvgIpc) is 2.54. The molecular formula is C17H36N4O4. The number of hydrogen-bond donors (Lipinski definition) is 5. The van der Waals surface area contributed by atoms with Gasteiger partial charge in [-0.05, 0) is 19.3 Å². The zero-order valence-corrected chi connectivity index (χ0v) is 15.5. The van der Waals surface area contributed by atoms with E-state index in [9.17, 15) is 9.59 Å². The summed E-state index contributed by atoms with van der Waals surface area (Å²) in [7, 11) is 0. The second-order valence-corrected chi connectivity index (χ2v) is 6.01. The summed E-state index contributed by atoms with van der Waals surface area (Å²) in [6.45, 7) is 2.64. The molecule has 8 heteroatoms. The third-order valence-corrected chi connectivity index (χ3v) is 3.53. The Morgan fingerprint density at radius 1 is 0.920 bits per heavy atom. The van der Waals surface area contributed by atoms with E-state index in [4.69, 9.17) is 27.4 Å². The summed E-state index contributed by atoms with van der Waals surface area (Å²) in [6, 6.07) is -0.820. The fraction of sp³-hybridized carbons (Fsp3) is 0.824. The quantitative estimate of drug-likeness (QED) is 0.179. The minimum absolute atomic E-state index is 0.0129.